The van der Waals surface area contributed by atoms with Crippen molar-refractivity contribution in [1.29, 1.82) is 5.39 Å². The number of diazo groups is 1. The number of hydrogen-bond donors (Lipinski definition) is 0. The topological polar surface area (TPSA) is 48.5 Å². The van der Waals surface area contributed by atoms with Crippen molar-refractivity contribution in [2.45, 2.75) is 12.8 Å². The molecule has 1 heterocycles. The molecule has 4 nitrogen and oxygen atoms in total. The third-order valence-electron chi connectivity index (χ3n) is 2.69. The van der Waals surface area contributed by atoms with Gasteiger partial charge in [-0.1, -0.05) is 15.9 Å². The largest absolute Gasteiger partial charge is 0.673 e. The predicted octanol–water partition coefficient (Wildman–Crippen LogP) is 4.47. The standard InChI is InChI=1S/C11H11BrN3O.BF4/c12-8-3-4-10(14-13)9(7-8)11(16)15-5-1-2-6-15;2-1(3,4)5/h3-4,7H,1-2,5-6H2;/q+1;-1. The Balaban J connectivity index is 0.000000383. The Labute approximate surface area is 127 Å². The minimum atomic E-state index is -6.00. The summed E-state index contributed by atoms with van der Waals surface area (Å²) in [6, 6.07) is 5.05. The van der Waals surface area contributed by atoms with Gasteiger partial charge in [0, 0.05) is 23.6 Å². The molecule has 2 rings (SSSR count). The van der Waals surface area contributed by atoms with Crippen molar-refractivity contribution in [2.75, 3.05) is 13.1 Å². The first kappa shape index (κ1) is 17.4. The molecular weight excluding hydrogens is 357 g/mol. The van der Waals surface area contributed by atoms with Gasteiger partial charge in [-0.2, -0.15) is 0 Å². The van der Waals surface area contributed by atoms with Crippen LogP contribution in [0.5, 0.6) is 0 Å². The molecule has 0 radical (unpaired) electrons. The van der Waals surface area contributed by atoms with Gasteiger partial charge < -0.3 is 22.2 Å². The van der Waals surface area contributed by atoms with E-state index in [-0.39, 0.29) is 5.91 Å². The third-order valence-corrected chi connectivity index (χ3v) is 3.18. The maximum Gasteiger partial charge on any atom is 0.673 e. The summed E-state index contributed by atoms with van der Waals surface area (Å²) in [6.07, 6.45) is 2.09. The maximum atomic E-state index is 12.1. The molecule has 0 atom stereocenters. The SMILES string of the molecule is F[B-](F)(F)F.N#[N+]c1ccc(Br)cc1C(=O)N1CCCC1. The van der Waals surface area contributed by atoms with E-state index in [2.05, 4.69) is 20.9 Å². The van der Waals surface area contributed by atoms with E-state index < -0.39 is 7.25 Å². The fourth-order valence-corrected chi connectivity index (χ4v) is 2.22. The van der Waals surface area contributed by atoms with Crippen LogP contribution in [-0.2, 0) is 0 Å². The van der Waals surface area contributed by atoms with E-state index in [1.807, 2.05) is 0 Å². The first-order chi connectivity index (χ1) is 9.72. The number of hydrogen-bond acceptors (Lipinski definition) is 2. The van der Waals surface area contributed by atoms with Crippen LogP contribution in [-0.4, -0.2) is 31.2 Å². The van der Waals surface area contributed by atoms with Gasteiger partial charge >= 0.3 is 12.9 Å². The molecule has 0 aromatic heterocycles. The quantitative estimate of drug-likeness (QED) is 0.417. The molecule has 1 aliphatic heterocycles. The van der Waals surface area contributed by atoms with Gasteiger partial charge in [0.15, 0.2) is 4.98 Å². The molecule has 1 aromatic rings. The Morgan fingerprint density at radius 1 is 1.24 bits per heavy atom. The van der Waals surface area contributed by atoms with Crippen LogP contribution in [0.4, 0.5) is 23.0 Å². The summed E-state index contributed by atoms with van der Waals surface area (Å²) in [5.41, 5.74) is 0.763. The van der Waals surface area contributed by atoms with Gasteiger partial charge in [-0.05, 0) is 25.0 Å². The van der Waals surface area contributed by atoms with Crippen molar-refractivity contribution in [1.82, 2.24) is 4.90 Å². The van der Waals surface area contributed by atoms with E-state index in [1.54, 1.807) is 23.1 Å². The number of amides is 1. The highest BCUT2D eigenvalue weighted by Gasteiger charge is 2.27. The molecule has 1 amide bonds. The van der Waals surface area contributed by atoms with Crippen LogP contribution in [0.1, 0.15) is 23.2 Å². The fraction of sp³-hybridized carbons (Fsp3) is 0.364. The maximum absolute atomic E-state index is 12.1. The monoisotopic (exact) mass is 367 g/mol. The van der Waals surface area contributed by atoms with Crippen molar-refractivity contribution < 1.29 is 22.1 Å². The molecule has 1 fully saturated rings. The molecule has 10 heteroatoms. The molecule has 0 N–H and O–H groups in total. The highest BCUT2D eigenvalue weighted by atomic mass is 79.9. The fourth-order valence-electron chi connectivity index (χ4n) is 1.86. The van der Waals surface area contributed by atoms with Gasteiger partial charge in [0.2, 0.25) is 5.39 Å². The second-order valence-electron chi connectivity index (χ2n) is 4.26. The highest BCUT2D eigenvalue weighted by molar-refractivity contribution is 9.10. The normalized spacial score (nSPS) is 14.2. The van der Waals surface area contributed by atoms with Crippen LogP contribution in [0.3, 0.4) is 0 Å². The van der Waals surface area contributed by atoms with Crippen molar-refractivity contribution >= 4 is 34.8 Å². The number of rotatable bonds is 1. The Morgan fingerprint density at radius 2 is 1.76 bits per heavy atom. The molecule has 1 aromatic carbocycles. The van der Waals surface area contributed by atoms with Gasteiger partial charge in [0.25, 0.3) is 5.91 Å². The molecule has 1 saturated heterocycles. The van der Waals surface area contributed by atoms with Crippen LogP contribution in [0.2, 0.25) is 0 Å². The zero-order valence-corrected chi connectivity index (χ0v) is 12.4. The summed E-state index contributed by atoms with van der Waals surface area (Å²) in [5, 5.41) is 8.84. The Kier molecular flexibility index (Phi) is 6.14. The molecule has 21 heavy (non-hydrogen) atoms. The summed E-state index contributed by atoms with van der Waals surface area (Å²) in [7, 11) is -6.00. The second kappa shape index (κ2) is 7.40. The van der Waals surface area contributed by atoms with E-state index in [0.29, 0.717) is 11.3 Å². The van der Waals surface area contributed by atoms with Crippen LogP contribution < -0.4 is 0 Å². The summed E-state index contributed by atoms with van der Waals surface area (Å²) in [4.78, 5) is 17.0. The van der Waals surface area contributed by atoms with Crippen molar-refractivity contribution in [2.24, 2.45) is 0 Å². The van der Waals surface area contributed by atoms with Crippen molar-refractivity contribution in [3.05, 3.63) is 33.2 Å². The van der Waals surface area contributed by atoms with Crippen LogP contribution in [0, 0.1) is 5.39 Å². The van der Waals surface area contributed by atoms with E-state index >= 15 is 0 Å². The lowest BCUT2D eigenvalue weighted by molar-refractivity contribution is 0.0794. The number of likely N-dealkylation sites (tertiary alicyclic amines) is 1. The molecule has 114 valence electrons. The number of carbonyl (C=O) groups excluding carboxylic acids is 1. The first-order valence-electron chi connectivity index (χ1n) is 6.03. The van der Waals surface area contributed by atoms with E-state index in [4.69, 9.17) is 5.39 Å². The zero-order chi connectivity index (χ0) is 16.0. The molecular formula is C11H11BBrF4N3O. The Hall–Kier alpha value is -1.63. The van der Waals surface area contributed by atoms with Crippen LogP contribution in [0.25, 0.3) is 4.98 Å². The minimum absolute atomic E-state index is 0.0633. The average Bonchev–Trinajstić information content (AvgIpc) is 2.89. The second-order valence-corrected chi connectivity index (χ2v) is 5.17. The average molecular weight is 368 g/mol. The lowest BCUT2D eigenvalue weighted by Crippen LogP contribution is -2.27. The van der Waals surface area contributed by atoms with Gasteiger partial charge in [-0.3, -0.25) is 4.79 Å². The number of nitrogens with zero attached hydrogens (tertiary/aromatic N) is 3. The van der Waals surface area contributed by atoms with Crippen LogP contribution >= 0.6 is 15.9 Å². The summed E-state index contributed by atoms with van der Waals surface area (Å²) >= 11 is 3.31. The van der Waals surface area contributed by atoms with E-state index in [9.17, 15) is 22.1 Å². The lowest BCUT2D eigenvalue weighted by Gasteiger charge is -2.13. The number of halogens is 5. The van der Waals surface area contributed by atoms with E-state index in [0.717, 1.165) is 30.4 Å². The molecule has 0 spiro atoms. The Bertz CT molecular complexity index is 549. The zero-order valence-electron chi connectivity index (χ0n) is 10.8. The molecule has 0 saturated carbocycles. The summed E-state index contributed by atoms with van der Waals surface area (Å²) in [6.45, 7) is 1.58. The first-order valence-corrected chi connectivity index (χ1v) is 6.83. The molecule has 1 aliphatic rings. The summed E-state index contributed by atoms with van der Waals surface area (Å²) in [5.74, 6) is -0.0633. The molecule has 0 bridgehead atoms. The number of carbonyl (C=O) groups is 1. The number of benzene rings is 1. The van der Waals surface area contributed by atoms with Gasteiger partial charge in [-0.15, -0.1) is 0 Å². The van der Waals surface area contributed by atoms with E-state index in [1.165, 1.54) is 0 Å². The van der Waals surface area contributed by atoms with Crippen molar-refractivity contribution in [3.63, 3.8) is 0 Å². The van der Waals surface area contributed by atoms with Gasteiger partial charge in [0.1, 0.15) is 5.56 Å². The van der Waals surface area contributed by atoms with Gasteiger partial charge in [-0.25, -0.2) is 0 Å². The Morgan fingerprint density at radius 3 is 2.24 bits per heavy atom. The molecule has 0 aliphatic carbocycles. The van der Waals surface area contributed by atoms with Gasteiger partial charge in [0.05, 0.1) is 0 Å². The predicted molar refractivity (Wildman–Crippen MR) is 74.2 cm³/mol. The lowest BCUT2D eigenvalue weighted by atomic mass is 10.1. The van der Waals surface area contributed by atoms with Crippen LogP contribution in [0.15, 0.2) is 22.7 Å². The third kappa shape index (κ3) is 6.12. The summed E-state index contributed by atoms with van der Waals surface area (Å²) < 4.78 is 39.8. The smallest absolute Gasteiger partial charge is 0.418 e. The van der Waals surface area contributed by atoms with Crippen molar-refractivity contribution in [3.8, 4) is 0 Å². The molecule has 0 unspecified atom stereocenters. The minimum Gasteiger partial charge on any atom is -0.418 e. The highest BCUT2D eigenvalue weighted by Crippen LogP contribution is 2.26.